The van der Waals surface area contributed by atoms with Crippen molar-refractivity contribution < 1.29 is 5.21 Å². The third kappa shape index (κ3) is 4.08. The molecule has 0 spiro atoms. The Kier molecular flexibility index (Phi) is 5.19. The van der Waals surface area contributed by atoms with Crippen molar-refractivity contribution in [2.45, 2.75) is 13.3 Å². The summed E-state index contributed by atoms with van der Waals surface area (Å²) < 4.78 is 0.597. The SMILES string of the molecule is Cc1cc(-c2cn(O)c(=O)c(Cc3ccc(-c4ccccc4)cc3)n2)ccc1Cl. The predicted octanol–water partition coefficient (Wildman–Crippen LogP) is 5.37. The van der Waals surface area contributed by atoms with E-state index in [1.165, 1.54) is 6.20 Å². The molecular formula is C24H19ClN2O2. The third-order valence-corrected chi connectivity index (χ3v) is 5.27. The first-order valence-electron chi connectivity index (χ1n) is 9.24. The smallest absolute Gasteiger partial charge is 0.304 e. The van der Waals surface area contributed by atoms with Crippen molar-refractivity contribution in [3.05, 3.63) is 111 Å². The van der Waals surface area contributed by atoms with Gasteiger partial charge >= 0.3 is 5.56 Å². The van der Waals surface area contributed by atoms with Crippen LogP contribution in [0.15, 0.2) is 83.8 Å². The summed E-state index contributed by atoms with van der Waals surface area (Å²) in [6.07, 6.45) is 1.65. The fraction of sp³-hybridized carbons (Fsp3) is 0.0833. The maximum atomic E-state index is 12.4. The van der Waals surface area contributed by atoms with Crippen LogP contribution in [-0.2, 0) is 6.42 Å². The van der Waals surface area contributed by atoms with Gasteiger partial charge in [-0.05, 0) is 41.3 Å². The molecule has 1 heterocycles. The Labute approximate surface area is 173 Å². The van der Waals surface area contributed by atoms with Gasteiger partial charge in [0.25, 0.3) is 0 Å². The molecule has 0 atom stereocenters. The topological polar surface area (TPSA) is 55.1 Å². The van der Waals surface area contributed by atoms with Crippen molar-refractivity contribution in [2.75, 3.05) is 0 Å². The van der Waals surface area contributed by atoms with Crippen LogP contribution < -0.4 is 5.56 Å². The monoisotopic (exact) mass is 402 g/mol. The van der Waals surface area contributed by atoms with Crippen LogP contribution in [0.25, 0.3) is 22.4 Å². The highest BCUT2D eigenvalue weighted by molar-refractivity contribution is 6.31. The van der Waals surface area contributed by atoms with E-state index in [2.05, 4.69) is 17.1 Å². The van der Waals surface area contributed by atoms with Gasteiger partial charge in [0.05, 0.1) is 11.9 Å². The minimum atomic E-state index is -0.522. The number of benzene rings is 3. The summed E-state index contributed by atoms with van der Waals surface area (Å²) in [5.41, 5.74) is 5.15. The molecule has 0 saturated carbocycles. The second-order valence-electron chi connectivity index (χ2n) is 6.93. The van der Waals surface area contributed by atoms with Crippen LogP contribution >= 0.6 is 11.6 Å². The van der Waals surface area contributed by atoms with Gasteiger partial charge in [0.15, 0.2) is 0 Å². The van der Waals surface area contributed by atoms with Crippen LogP contribution in [0.2, 0.25) is 5.02 Å². The molecule has 144 valence electrons. The molecule has 0 bridgehead atoms. The number of rotatable bonds is 4. The lowest BCUT2D eigenvalue weighted by atomic mass is 10.0. The first-order chi connectivity index (χ1) is 14.0. The predicted molar refractivity (Wildman–Crippen MR) is 116 cm³/mol. The molecule has 0 saturated heterocycles. The van der Waals surface area contributed by atoms with E-state index in [9.17, 15) is 10.0 Å². The highest BCUT2D eigenvalue weighted by atomic mass is 35.5. The minimum absolute atomic E-state index is 0.282. The number of hydrogen-bond acceptors (Lipinski definition) is 3. The van der Waals surface area contributed by atoms with Crippen molar-refractivity contribution in [1.29, 1.82) is 0 Å². The zero-order valence-electron chi connectivity index (χ0n) is 15.8. The number of aromatic nitrogens is 2. The van der Waals surface area contributed by atoms with E-state index in [1.807, 2.05) is 61.5 Å². The van der Waals surface area contributed by atoms with Crippen LogP contribution in [0.5, 0.6) is 0 Å². The summed E-state index contributed by atoms with van der Waals surface area (Å²) in [5.74, 6) is 0. The summed E-state index contributed by atoms with van der Waals surface area (Å²) >= 11 is 6.10. The Hall–Kier alpha value is -3.37. The highest BCUT2D eigenvalue weighted by Gasteiger charge is 2.12. The largest absolute Gasteiger partial charge is 0.425 e. The fourth-order valence-electron chi connectivity index (χ4n) is 3.23. The normalized spacial score (nSPS) is 10.8. The third-order valence-electron chi connectivity index (χ3n) is 4.84. The summed E-state index contributed by atoms with van der Waals surface area (Å²) in [5, 5.41) is 10.7. The molecule has 1 N–H and O–H groups in total. The molecule has 0 aliphatic carbocycles. The Bertz CT molecular complexity index is 1220. The Balaban J connectivity index is 1.65. The Morgan fingerprint density at radius 3 is 2.28 bits per heavy atom. The molecule has 0 aliphatic rings. The molecule has 3 aromatic carbocycles. The number of aryl methyl sites for hydroxylation is 1. The van der Waals surface area contributed by atoms with Crippen LogP contribution in [-0.4, -0.2) is 14.9 Å². The molecule has 5 heteroatoms. The number of halogens is 1. The molecule has 0 fully saturated rings. The van der Waals surface area contributed by atoms with E-state index in [1.54, 1.807) is 6.07 Å². The standard InChI is InChI=1S/C24H19ClN2O2/c1-16-13-20(11-12-21(16)25)23-15-27(29)24(28)22(26-23)14-17-7-9-19(10-8-17)18-5-3-2-4-6-18/h2-13,15,29H,14H2,1H3. The van der Waals surface area contributed by atoms with Gasteiger partial charge in [-0.2, -0.15) is 4.73 Å². The zero-order valence-corrected chi connectivity index (χ0v) is 16.6. The van der Waals surface area contributed by atoms with Gasteiger partial charge in [-0.1, -0.05) is 72.3 Å². The number of hydrogen-bond donors (Lipinski definition) is 1. The first kappa shape index (κ1) is 19.0. The summed E-state index contributed by atoms with van der Waals surface area (Å²) in [6.45, 7) is 1.90. The van der Waals surface area contributed by atoms with E-state index < -0.39 is 5.56 Å². The van der Waals surface area contributed by atoms with Crippen LogP contribution in [0.3, 0.4) is 0 Å². The molecule has 29 heavy (non-hydrogen) atoms. The summed E-state index contributed by atoms with van der Waals surface area (Å²) in [7, 11) is 0. The van der Waals surface area contributed by atoms with Gasteiger partial charge in [0, 0.05) is 17.0 Å². The van der Waals surface area contributed by atoms with Crippen molar-refractivity contribution in [2.24, 2.45) is 0 Å². The molecular weight excluding hydrogens is 384 g/mol. The fourth-order valence-corrected chi connectivity index (χ4v) is 3.34. The van der Waals surface area contributed by atoms with Crippen molar-refractivity contribution in [3.8, 4) is 22.4 Å². The van der Waals surface area contributed by atoms with Gasteiger partial charge in [-0.15, -0.1) is 0 Å². The van der Waals surface area contributed by atoms with E-state index in [0.717, 1.165) is 27.8 Å². The number of nitrogens with zero attached hydrogens (tertiary/aromatic N) is 2. The quantitative estimate of drug-likeness (QED) is 0.467. The lowest BCUT2D eigenvalue weighted by Gasteiger charge is -2.09. The lowest BCUT2D eigenvalue weighted by molar-refractivity contribution is 0.173. The zero-order chi connectivity index (χ0) is 20.4. The Morgan fingerprint density at radius 2 is 1.59 bits per heavy atom. The molecule has 4 nitrogen and oxygen atoms in total. The van der Waals surface area contributed by atoms with Crippen molar-refractivity contribution in [3.63, 3.8) is 0 Å². The highest BCUT2D eigenvalue weighted by Crippen LogP contribution is 2.24. The molecule has 0 aliphatic heterocycles. The van der Waals surface area contributed by atoms with Crippen LogP contribution in [0, 0.1) is 6.92 Å². The molecule has 0 radical (unpaired) electrons. The van der Waals surface area contributed by atoms with Crippen molar-refractivity contribution >= 4 is 11.6 Å². The van der Waals surface area contributed by atoms with E-state index in [-0.39, 0.29) is 5.69 Å². The maximum Gasteiger partial charge on any atom is 0.304 e. The van der Waals surface area contributed by atoms with E-state index in [0.29, 0.717) is 21.9 Å². The average molecular weight is 403 g/mol. The molecule has 0 unspecified atom stereocenters. The maximum absolute atomic E-state index is 12.4. The lowest BCUT2D eigenvalue weighted by Crippen LogP contribution is -2.24. The van der Waals surface area contributed by atoms with Crippen LogP contribution in [0.1, 0.15) is 16.8 Å². The van der Waals surface area contributed by atoms with Gasteiger partial charge < -0.3 is 5.21 Å². The minimum Gasteiger partial charge on any atom is -0.425 e. The molecule has 0 amide bonds. The van der Waals surface area contributed by atoms with Gasteiger partial charge in [0.2, 0.25) is 0 Å². The van der Waals surface area contributed by atoms with Gasteiger partial charge in [-0.25, -0.2) is 4.98 Å². The van der Waals surface area contributed by atoms with Crippen LogP contribution in [0.4, 0.5) is 0 Å². The summed E-state index contributed by atoms with van der Waals surface area (Å²) in [6, 6.07) is 23.6. The van der Waals surface area contributed by atoms with E-state index >= 15 is 0 Å². The molecule has 1 aromatic heterocycles. The van der Waals surface area contributed by atoms with Gasteiger partial charge in [-0.3, -0.25) is 4.79 Å². The van der Waals surface area contributed by atoms with E-state index in [4.69, 9.17) is 11.6 Å². The second-order valence-corrected chi connectivity index (χ2v) is 7.33. The van der Waals surface area contributed by atoms with Crippen molar-refractivity contribution in [1.82, 2.24) is 9.71 Å². The first-order valence-corrected chi connectivity index (χ1v) is 9.62. The van der Waals surface area contributed by atoms with Gasteiger partial charge in [0.1, 0.15) is 5.69 Å². The summed E-state index contributed by atoms with van der Waals surface area (Å²) in [4.78, 5) is 16.9. The molecule has 4 rings (SSSR count). The second kappa shape index (κ2) is 7.94. The Morgan fingerprint density at radius 1 is 0.931 bits per heavy atom. The average Bonchev–Trinajstić information content (AvgIpc) is 2.74. The molecule has 4 aromatic rings.